The molecule has 4 rings (SSSR count). The van der Waals surface area contributed by atoms with Crippen molar-refractivity contribution in [1.82, 2.24) is 14.9 Å². The van der Waals surface area contributed by atoms with E-state index in [0.29, 0.717) is 30.4 Å². The lowest BCUT2D eigenvalue weighted by Gasteiger charge is -2.32. The van der Waals surface area contributed by atoms with Crippen LogP contribution >= 0.6 is 0 Å². The molecule has 2 fully saturated rings. The van der Waals surface area contributed by atoms with E-state index in [4.69, 9.17) is 24.2 Å². The molecule has 13 nitrogen and oxygen atoms in total. The van der Waals surface area contributed by atoms with Crippen LogP contribution in [0.15, 0.2) is 54.5 Å². The van der Waals surface area contributed by atoms with Crippen molar-refractivity contribution < 1.29 is 34.0 Å². The number of hydrogen-bond donors (Lipinski definition) is 2. The monoisotopic (exact) mass is 664 g/mol. The van der Waals surface area contributed by atoms with E-state index in [-0.39, 0.29) is 47.6 Å². The quantitative estimate of drug-likeness (QED) is 0.189. The molecule has 1 aromatic heterocycles. The Balaban J connectivity index is 1.73. The van der Waals surface area contributed by atoms with Gasteiger partial charge in [-0.15, -0.1) is 0 Å². The zero-order chi connectivity index (χ0) is 35.6. The fourth-order valence-corrected chi connectivity index (χ4v) is 5.81. The van der Waals surface area contributed by atoms with Gasteiger partial charge >= 0.3 is 12.2 Å². The van der Waals surface area contributed by atoms with Gasteiger partial charge in [0.2, 0.25) is 5.90 Å². The number of aromatic nitrogens is 2. The molecule has 1 aliphatic heterocycles. The zero-order valence-electron chi connectivity index (χ0n) is 29.2. The van der Waals surface area contributed by atoms with Gasteiger partial charge < -0.3 is 34.2 Å². The van der Waals surface area contributed by atoms with Gasteiger partial charge in [0, 0.05) is 45.2 Å². The minimum absolute atomic E-state index is 0.0297. The van der Waals surface area contributed by atoms with Crippen molar-refractivity contribution in [3.05, 3.63) is 66.3 Å². The summed E-state index contributed by atoms with van der Waals surface area (Å²) in [6.07, 6.45) is 1.14. The SMILES string of the molecule is C=C(O/C(=N\C)c1ccc(CN(C)C(=O)O)cc1)c1nc(N2C[C@@H]3CCC(O)[C@@H]3C2)cnc1N(C(=C)OC(C)(C)C)C(=O)OC(C)(C)C. The first-order valence-corrected chi connectivity index (χ1v) is 15.9. The van der Waals surface area contributed by atoms with E-state index in [9.17, 15) is 19.8 Å². The van der Waals surface area contributed by atoms with Crippen molar-refractivity contribution >= 4 is 35.5 Å². The normalized spacial score (nSPS) is 19.4. The van der Waals surface area contributed by atoms with Crippen LogP contribution in [0, 0.1) is 11.8 Å². The average Bonchev–Trinajstić information content (AvgIpc) is 3.56. The van der Waals surface area contributed by atoms with Crippen LogP contribution in [-0.2, 0) is 20.8 Å². The topological polar surface area (TPSA) is 150 Å². The number of rotatable bonds is 9. The number of aliphatic imine (C=N–C) groups is 1. The molecule has 1 saturated heterocycles. The van der Waals surface area contributed by atoms with E-state index in [1.807, 2.05) is 20.8 Å². The number of carbonyl (C=O) groups is 2. The van der Waals surface area contributed by atoms with Crippen LogP contribution < -0.4 is 9.80 Å². The second-order valence-electron chi connectivity index (χ2n) is 14.2. The molecule has 1 aromatic carbocycles. The summed E-state index contributed by atoms with van der Waals surface area (Å²) in [6, 6.07) is 7.11. The van der Waals surface area contributed by atoms with Gasteiger partial charge in [-0.1, -0.05) is 18.7 Å². The lowest BCUT2D eigenvalue weighted by Crippen LogP contribution is -2.40. The third-order valence-electron chi connectivity index (χ3n) is 7.98. The highest BCUT2D eigenvalue weighted by Gasteiger charge is 2.43. The minimum Gasteiger partial charge on any atom is -0.473 e. The number of carbonyl (C=O) groups excluding carboxylic acids is 1. The van der Waals surface area contributed by atoms with Crippen LogP contribution in [0.3, 0.4) is 0 Å². The number of hydrogen-bond acceptors (Lipinski definition) is 10. The number of amides is 2. The Bertz CT molecular complexity index is 1530. The van der Waals surface area contributed by atoms with E-state index in [2.05, 4.69) is 23.1 Å². The van der Waals surface area contributed by atoms with Crippen LogP contribution in [0.1, 0.15) is 71.2 Å². The van der Waals surface area contributed by atoms with Crippen LogP contribution in [0.25, 0.3) is 5.76 Å². The summed E-state index contributed by atoms with van der Waals surface area (Å²) < 4.78 is 18.0. The molecule has 1 unspecified atom stereocenters. The van der Waals surface area contributed by atoms with Crippen molar-refractivity contribution in [2.45, 2.75) is 78.2 Å². The summed E-state index contributed by atoms with van der Waals surface area (Å²) in [4.78, 5) is 43.3. The smallest absolute Gasteiger partial charge is 0.423 e. The predicted molar refractivity (Wildman–Crippen MR) is 184 cm³/mol. The van der Waals surface area contributed by atoms with Gasteiger partial charge in [-0.25, -0.2) is 19.6 Å². The van der Waals surface area contributed by atoms with Gasteiger partial charge in [-0.3, -0.25) is 4.99 Å². The van der Waals surface area contributed by atoms with E-state index in [0.717, 1.165) is 23.3 Å². The van der Waals surface area contributed by atoms with Crippen LogP contribution in [0.2, 0.25) is 0 Å². The molecule has 13 heteroatoms. The van der Waals surface area contributed by atoms with Gasteiger partial charge in [0.05, 0.1) is 12.3 Å². The van der Waals surface area contributed by atoms with Gasteiger partial charge in [0.25, 0.3) is 0 Å². The average molecular weight is 665 g/mol. The van der Waals surface area contributed by atoms with Crippen molar-refractivity contribution in [3.63, 3.8) is 0 Å². The highest BCUT2D eigenvalue weighted by atomic mass is 16.6. The maximum Gasteiger partial charge on any atom is 0.423 e. The third kappa shape index (κ3) is 8.82. The van der Waals surface area contributed by atoms with E-state index in [1.54, 1.807) is 58.3 Å². The summed E-state index contributed by atoms with van der Waals surface area (Å²) >= 11 is 0. The summed E-state index contributed by atoms with van der Waals surface area (Å²) in [7, 11) is 3.06. The number of aliphatic hydroxyl groups excluding tert-OH is 1. The first-order valence-electron chi connectivity index (χ1n) is 15.9. The molecule has 2 amide bonds. The lowest BCUT2D eigenvalue weighted by atomic mass is 10.00. The van der Waals surface area contributed by atoms with E-state index < -0.39 is 23.4 Å². The maximum atomic E-state index is 13.7. The molecular formula is C35H48N6O7. The predicted octanol–water partition coefficient (Wildman–Crippen LogP) is 5.89. The first kappa shape index (κ1) is 36.2. The Morgan fingerprint density at radius 1 is 1.04 bits per heavy atom. The number of nitrogens with zero attached hydrogens (tertiary/aromatic N) is 6. The molecule has 2 aliphatic rings. The first-order chi connectivity index (χ1) is 22.4. The minimum atomic E-state index is -1.03. The molecule has 2 N–H and O–H groups in total. The van der Waals surface area contributed by atoms with Crippen LogP contribution in [-0.4, -0.2) is 87.7 Å². The Labute approximate surface area is 282 Å². The van der Waals surface area contributed by atoms with Crippen molar-refractivity contribution in [2.75, 3.05) is 37.0 Å². The largest absolute Gasteiger partial charge is 0.473 e. The fraction of sp³-hybridized carbons (Fsp3) is 0.514. The zero-order valence-corrected chi connectivity index (χ0v) is 29.2. The van der Waals surface area contributed by atoms with Crippen LogP contribution in [0.4, 0.5) is 21.2 Å². The van der Waals surface area contributed by atoms with E-state index >= 15 is 0 Å². The molecule has 1 aliphatic carbocycles. The maximum absolute atomic E-state index is 13.7. The molecule has 48 heavy (non-hydrogen) atoms. The van der Waals surface area contributed by atoms with Gasteiger partial charge in [-0.05, 0) is 84.6 Å². The Kier molecular flexibility index (Phi) is 10.7. The molecule has 1 saturated carbocycles. The number of benzene rings is 1. The Morgan fingerprint density at radius 3 is 2.25 bits per heavy atom. The highest BCUT2D eigenvalue weighted by molar-refractivity contribution is 5.98. The third-order valence-corrected chi connectivity index (χ3v) is 7.98. The molecule has 3 atom stereocenters. The Morgan fingerprint density at radius 2 is 1.69 bits per heavy atom. The molecule has 2 heterocycles. The number of anilines is 2. The lowest BCUT2D eigenvalue weighted by molar-refractivity contribution is 0.0345. The second-order valence-corrected chi connectivity index (χ2v) is 14.2. The summed E-state index contributed by atoms with van der Waals surface area (Å²) in [5.74, 6) is 1.29. The fourth-order valence-electron chi connectivity index (χ4n) is 5.81. The molecular weight excluding hydrogens is 616 g/mol. The molecule has 0 bridgehead atoms. The second kappa shape index (κ2) is 14.2. The summed E-state index contributed by atoms with van der Waals surface area (Å²) in [5.41, 5.74) is -0.0305. The van der Waals surface area contributed by atoms with Crippen molar-refractivity contribution in [1.29, 1.82) is 0 Å². The highest BCUT2D eigenvalue weighted by Crippen LogP contribution is 2.40. The number of ether oxygens (including phenoxy) is 3. The molecule has 260 valence electrons. The van der Waals surface area contributed by atoms with Gasteiger partial charge in [0.1, 0.15) is 17.0 Å². The molecule has 2 aromatic rings. The van der Waals surface area contributed by atoms with Crippen molar-refractivity contribution in [2.24, 2.45) is 16.8 Å². The number of carboxylic acid groups (broad SMARTS) is 1. The molecule has 0 radical (unpaired) electrons. The van der Waals surface area contributed by atoms with Crippen molar-refractivity contribution in [3.8, 4) is 0 Å². The van der Waals surface area contributed by atoms with E-state index in [1.165, 1.54) is 11.9 Å². The molecule has 0 spiro atoms. The summed E-state index contributed by atoms with van der Waals surface area (Å²) in [6.45, 7) is 20.5. The van der Waals surface area contributed by atoms with Gasteiger partial charge in [0.15, 0.2) is 23.2 Å². The number of fused-ring (bicyclic) bond motifs is 1. The van der Waals surface area contributed by atoms with Gasteiger partial charge in [-0.2, -0.15) is 4.90 Å². The Hall–Kier alpha value is -4.65. The van der Waals surface area contributed by atoms with Crippen LogP contribution in [0.5, 0.6) is 0 Å². The standard InChI is InChI=1S/C35H48N6O7/c1-21(46-31(36-9)24-13-11-23(12-14-24)18-39(10)32(43)44)29-30(41(22(2)47-34(3,4)5)33(45)48-35(6,7)8)37-17-28(38-29)40-19-25-15-16-27(42)26(25)20-40/h11-14,17,25-27,42H,1-2,15-16,18-20H2,3-10H3,(H,43,44)/b36-31-/t25-,26+,27?/m0/s1. The number of aliphatic hydroxyl groups is 1. The summed E-state index contributed by atoms with van der Waals surface area (Å²) in [5, 5.41) is 19.8.